The molecule has 2 heterocycles. The van der Waals surface area contributed by atoms with Gasteiger partial charge in [0.15, 0.2) is 17.8 Å². The second kappa shape index (κ2) is 10.8. The fourth-order valence-electron chi connectivity index (χ4n) is 5.43. The van der Waals surface area contributed by atoms with E-state index in [-0.39, 0.29) is 16.7 Å². The highest BCUT2D eigenvalue weighted by Gasteiger charge is 2.52. The van der Waals surface area contributed by atoms with E-state index in [0.29, 0.717) is 57.3 Å². The van der Waals surface area contributed by atoms with E-state index in [0.717, 1.165) is 12.0 Å². The summed E-state index contributed by atoms with van der Waals surface area (Å²) in [5, 5.41) is 12.4. The van der Waals surface area contributed by atoms with E-state index in [1.165, 1.54) is 17.0 Å². The first-order valence-electron chi connectivity index (χ1n) is 13.0. The largest absolute Gasteiger partial charge is 0.481 e. The summed E-state index contributed by atoms with van der Waals surface area (Å²) < 4.78 is 44.0. The number of hydrogen-bond acceptors (Lipinski definition) is 7. The Morgan fingerprint density at radius 1 is 1.16 bits per heavy atom. The summed E-state index contributed by atoms with van der Waals surface area (Å²) in [6.07, 6.45) is 3.18. The summed E-state index contributed by atoms with van der Waals surface area (Å²) in [5.41, 5.74) is 1.43. The second-order valence-corrected chi connectivity index (χ2v) is 10.1. The van der Waals surface area contributed by atoms with Gasteiger partial charge in [-0.25, -0.2) is 14.3 Å². The van der Waals surface area contributed by atoms with E-state index in [1.54, 1.807) is 12.1 Å². The number of fused-ring (bicyclic) bond motifs is 1. The molecule has 3 aromatic rings. The molecule has 1 aromatic heterocycles. The minimum atomic E-state index is -2.83. The maximum Gasteiger partial charge on any atom is 0.332 e. The van der Waals surface area contributed by atoms with Crippen molar-refractivity contribution in [3.63, 3.8) is 0 Å². The molecule has 1 saturated heterocycles. The first kappa shape index (κ1) is 26.2. The molecule has 2 aromatic carbocycles. The zero-order valence-corrected chi connectivity index (χ0v) is 21.2. The number of benzene rings is 2. The molecular weight excluding hydrogens is 496 g/mol. The number of carboxylic acids is 1. The van der Waals surface area contributed by atoms with Crippen LogP contribution in [-0.2, 0) is 14.3 Å². The number of Topliss-reactive ketones (excluding diaryl/α,β-unsaturated/α-hetero) is 1. The number of oxazole rings is 1. The summed E-state index contributed by atoms with van der Waals surface area (Å²) in [7, 11) is 0. The van der Waals surface area contributed by atoms with E-state index < -0.39 is 41.6 Å². The number of carboxylic acid groups (broad SMARTS) is 1. The Hall–Kier alpha value is -3.37. The van der Waals surface area contributed by atoms with Crippen LogP contribution < -0.4 is 5.32 Å². The van der Waals surface area contributed by atoms with Crippen molar-refractivity contribution in [2.24, 2.45) is 5.92 Å². The average molecular weight is 528 g/mol. The zero-order valence-electron chi connectivity index (χ0n) is 21.2. The van der Waals surface area contributed by atoms with E-state index in [9.17, 15) is 14.7 Å². The number of carbonyl (C=O) groups excluding carboxylic acids is 1. The van der Waals surface area contributed by atoms with Crippen molar-refractivity contribution in [1.29, 1.82) is 0 Å². The van der Waals surface area contributed by atoms with Gasteiger partial charge in [0.05, 0.1) is 12.0 Å². The highest BCUT2D eigenvalue weighted by atomic mass is 19.2. The molecule has 2 aliphatic rings. The van der Waals surface area contributed by atoms with E-state index in [1.807, 2.05) is 19.1 Å². The van der Waals surface area contributed by atoms with Crippen LogP contribution in [0.15, 0.2) is 47.2 Å². The molecule has 0 bridgehead atoms. The summed E-state index contributed by atoms with van der Waals surface area (Å²) in [6, 6.07) is 8.68. The molecule has 2 unspecified atom stereocenters. The number of rotatable bonds is 9. The van der Waals surface area contributed by atoms with Crippen molar-refractivity contribution in [3.05, 3.63) is 59.7 Å². The number of anilines is 1. The van der Waals surface area contributed by atoms with Crippen LogP contribution in [0, 0.1) is 18.7 Å². The molecule has 0 radical (unpaired) electrons. The van der Waals surface area contributed by atoms with Gasteiger partial charge < -0.3 is 19.6 Å². The van der Waals surface area contributed by atoms with Crippen LogP contribution in [0.3, 0.4) is 0 Å². The molecule has 5 rings (SSSR count). The van der Waals surface area contributed by atoms with Crippen LogP contribution in [0.5, 0.6) is 0 Å². The van der Waals surface area contributed by atoms with Gasteiger partial charge in [-0.2, -0.15) is 4.39 Å². The van der Waals surface area contributed by atoms with Gasteiger partial charge in [-0.15, -0.1) is 0 Å². The fourth-order valence-corrected chi connectivity index (χ4v) is 5.43. The number of ketones is 1. The molecule has 10 heteroatoms. The zero-order chi connectivity index (χ0) is 26.9. The van der Waals surface area contributed by atoms with Crippen molar-refractivity contribution >= 4 is 28.5 Å². The monoisotopic (exact) mass is 527 g/mol. The highest BCUT2D eigenvalue weighted by Crippen LogP contribution is 2.38. The minimum Gasteiger partial charge on any atom is -0.481 e. The normalized spacial score (nSPS) is 22.7. The molecule has 2 fully saturated rings. The van der Waals surface area contributed by atoms with Gasteiger partial charge in [0.1, 0.15) is 11.6 Å². The third-order valence-electron chi connectivity index (χ3n) is 7.65. The lowest BCUT2D eigenvalue weighted by atomic mass is 9.87. The number of carbonyl (C=O) groups is 2. The Bertz CT molecular complexity index is 1320. The second-order valence-electron chi connectivity index (χ2n) is 10.1. The Morgan fingerprint density at radius 2 is 1.87 bits per heavy atom. The van der Waals surface area contributed by atoms with Gasteiger partial charge >= 0.3 is 11.9 Å². The molecule has 1 saturated carbocycles. The molecular formula is C28H31F2N3O5. The molecule has 202 valence electrons. The SMILES string of the molecule is Cc1ccccc1NC(C(=O)C(F)(OC1CCC(C(=O)O)CC1)N1CCCC1)c1ccc2ncoc2c1F. The Balaban J connectivity index is 1.52. The van der Waals surface area contributed by atoms with Crippen LogP contribution >= 0.6 is 0 Å². The van der Waals surface area contributed by atoms with Crippen LogP contribution in [0.2, 0.25) is 0 Å². The van der Waals surface area contributed by atoms with E-state index in [4.69, 9.17) is 9.15 Å². The summed E-state index contributed by atoms with van der Waals surface area (Å²) in [4.78, 5) is 31.0. The van der Waals surface area contributed by atoms with Crippen molar-refractivity contribution in [3.8, 4) is 0 Å². The smallest absolute Gasteiger partial charge is 0.332 e. The van der Waals surface area contributed by atoms with Gasteiger partial charge in [0.25, 0.3) is 0 Å². The predicted octanol–water partition coefficient (Wildman–Crippen LogP) is 5.38. The minimum absolute atomic E-state index is 0.0816. The number of hydrogen-bond donors (Lipinski definition) is 2. The van der Waals surface area contributed by atoms with E-state index >= 15 is 8.78 Å². The average Bonchev–Trinajstić information content (AvgIpc) is 3.62. The standard InChI is InChI=1S/C28H31F2N3O5/c1-17-6-2-3-7-21(17)32-24(20-12-13-22-25(23(20)29)37-16-31-22)26(34)28(30,33-14-4-5-15-33)38-19-10-8-18(9-11-19)27(35)36/h2-3,6-7,12-13,16,18-19,24,32H,4-5,8-11,14-15H2,1H3,(H,35,36). The molecule has 2 atom stereocenters. The number of aliphatic carboxylic acids is 1. The van der Waals surface area contributed by atoms with Crippen molar-refractivity contribution in [1.82, 2.24) is 9.88 Å². The number of aryl methyl sites for hydroxylation is 1. The third-order valence-corrected chi connectivity index (χ3v) is 7.65. The van der Waals surface area contributed by atoms with Crippen molar-refractivity contribution < 1.29 is 32.6 Å². The summed E-state index contributed by atoms with van der Waals surface area (Å²) in [5.74, 6) is -6.00. The number of nitrogens with one attached hydrogen (secondary N) is 1. The summed E-state index contributed by atoms with van der Waals surface area (Å²) >= 11 is 0. The maximum absolute atomic E-state index is 17.1. The van der Waals surface area contributed by atoms with Crippen LogP contribution in [-0.4, -0.2) is 51.9 Å². The number of likely N-dealkylation sites (tertiary alicyclic amines) is 1. The number of nitrogens with zero attached hydrogens (tertiary/aromatic N) is 2. The van der Waals surface area contributed by atoms with Gasteiger partial charge in [0, 0.05) is 24.3 Å². The maximum atomic E-state index is 17.1. The Kier molecular flexibility index (Phi) is 7.45. The molecule has 2 N–H and O–H groups in total. The van der Waals surface area contributed by atoms with Crippen molar-refractivity contribution in [2.45, 2.75) is 63.6 Å². The number of alkyl halides is 1. The first-order valence-corrected chi connectivity index (χ1v) is 13.0. The van der Waals surface area contributed by atoms with Gasteiger partial charge in [-0.1, -0.05) is 24.3 Å². The molecule has 1 aliphatic carbocycles. The lowest BCUT2D eigenvalue weighted by Crippen LogP contribution is -2.56. The van der Waals surface area contributed by atoms with Crippen LogP contribution in [0.4, 0.5) is 14.5 Å². The van der Waals surface area contributed by atoms with Gasteiger partial charge in [0.2, 0.25) is 5.78 Å². The lowest BCUT2D eigenvalue weighted by molar-refractivity contribution is -0.253. The molecule has 0 amide bonds. The number of halogens is 2. The van der Waals surface area contributed by atoms with E-state index in [2.05, 4.69) is 10.3 Å². The Morgan fingerprint density at radius 3 is 2.55 bits per heavy atom. The predicted molar refractivity (Wildman–Crippen MR) is 136 cm³/mol. The van der Waals surface area contributed by atoms with Crippen LogP contribution in [0.25, 0.3) is 11.1 Å². The highest BCUT2D eigenvalue weighted by molar-refractivity contribution is 5.94. The van der Waals surface area contributed by atoms with Gasteiger partial charge in [-0.3, -0.25) is 9.59 Å². The number of ether oxygens (including phenoxy) is 1. The van der Waals surface area contributed by atoms with Gasteiger partial charge in [-0.05, 0) is 63.1 Å². The summed E-state index contributed by atoms with van der Waals surface area (Å²) in [6.45, 7) is 2.46. The number of para-hydroxylation sites is 1. The van der Waals surface area contributed by atoms with Crippen LogP contribution in [0.1, 0.15) is 55.7 Å². The lowest BCUT2D eigenvalue weighted by Gasteiger charge is -2.39. The first-order chi connectivity index (χ1) is 18.3. The molecule has 38 heavy (non-hydrogen) atoms. The molecule has 8 nitrogen and oxygen atoms in total. The number of aromatic nitrogens is 1. The quantitative estimate of drug-likeness (QED) is 0.358. The third kappa shape index (κ3) is 5.02. The van der Waals surface area contributed by atoms with Crippen molar-refractivity contribution in [2.75, 3.05) is 18.4 Å². The topological polar surface area (TPSA) is 105 Å². The molecule has 1 aliphatic heterocycles. The Labute approximate surface area is 219 Å². The fraction of sp³-hybridized carbons (Fsp3) is 0.464. The molecule has 0 spiro atoms.